The minimum Gasteiger partial charge on any atom is -0.507 e. The van der Waals surface area contributed by atoms with Gasteiger partial charge < -0.3 is 19.7 Å². The molecule has 0 fully saturated rings. The fourth-order valence-electron chi connectivity index (χ4n) is 0.915. The van der Waals surface area contributed by atoms with E-state index in [1.165, 1.54) is 0 Å². The van der Waals surface area contributed by atoms with Gasteiger partial charge in [-0.2, -0.15) is 0 Å². The first kappa shape index (κ1) is 10.0. The first-order chi connectivity index (χ1) is 6.49. The lowest BCUT2D eigenvalue weighted by Crippen LogP contribution is -2.22. The van der Waals surface area contributed by atoms with E-state index in [0.717, 1.165) is 7.11 Å². The van der Waals surface area contributed by atoms with E-state index in [2.05, 4.69) is 9.47 Å². The SMILES string of the molecule is COC(=O)C1=C(O)C(C(=O)O)OC1=O. The summed E-state index contributed by atoms with van der Waals surface area (Å²) in [6.07, 6.45) is -1.82. The monoisotopic (exact) mass is 202 g/mol. The van der Waals surface area contributed by atoms with Crippen LogP contribution in [0, 0.1) is 0 Å². The van der Waals surface area contributed by atoms with E-state index >= 15 is 0 Å². The van der Waals surface area contributed by atoms with Crippen LogP contribution in [0.25, 0.3) is 0 Å². The minimum atomic E-state index is -1.82. The van der Waals surface area contributed by atoms with Crippen LogP contribution in [0.15, 0.2) is 11.3 Å². The number of aliphatic hydroxyl groups excluding tert-OH is 1. The van der Waals surface area contributed by atoms with Crippen molar-refractivity contribution in [3.05, 3.63) is 11.3 Å². The summed E-state index contributed by atoms with van der Waals surface area (Å²) in [6, 6.07) is 0. The number of ether oxygens (including phenoxy) is 2. The second-order valence-corrected chi connectivity index (χ2v) is 2.38. The van der Waals surface area contributed by atoms with Gasteiger partial charge in [-0.15, -0.1) is 0 Å². The number of aliphatic carboxylic acids is 1. The molecular formula is C7H6O7. The molecule has 0 amide bonds. The molecule has 0 aromatic heterocycles. The van der Waals surface area contributed by atoms with Gasteiger partial charge in [0.05, 0.1) is 7.11 Å². The van der Waals surface area contributed by atoms with Gasteiger partial charge in [-0.1, -0.05) is 0 Å². The van der Waals surface area contributed by atoms with Gasteiger partial charge in [0.1, 0.15) is 0 Å². The maximum absolute atomic E-state index is 10.9. The molecule has 1 aliphatic heterocycles. The molecule has 0 saturated carbocycles. The summed E-state index contributed by atoms with van der Waals surface area (Å²) >= 11 is 0. The fraction of sp³-hybridized carbons (Fsp3) is 0.286. The van der Waals surface area contributed by atoms with Crippen molar-refractivity contribution >= 4 is 17.9 Å². The molecule has 0 aromatic carbocycles. The molecule has 1 atom stereocenters. The molecule has 1 heterocycles. The van der Waals surface area contributed by atoms with Gasteiger partial charge in [0, 0.05) is 0 Å². The highest BCUT2D eigenvalue weighted by Crippen LogP contribution is 2.21. The Hall–Kier alpha value is -2.05. The van der Waals surface area contributed by atoms with E-state index in [4.69, 9.17) is 10.2 Å². The number of rotatable bonds is 2. The van der Waals surface area contributed by atoms with Crippen LogP contribution in [-0.4, -0.2) is 41.3 Å². The zero-order chi connectivity index (χ0) is 10.9. The summed E-state index contributed by atoms with van der Waals surface area (Å²) in [5.41, 5.74) is -0.778. The van der Waals surface area contributed by atoms with Crippen molar-refractivity contribution in [2.75, 3.05) is 7.11 Å². The number of cyclic esters (lactones) is 1. The van der Waals surface area contributed by atoms with Crippen molar-refractivity contribution in [3.63, 3.8) is 0 Å². The maximum atomic E-state index is 10.9. The third-order valence-corrected chi connectivity index (χ3v) is 1.55. The van der Waals surface area contributed by atoms with Crippen molar-refractivity contribution in [1.29, 1.82) is 0 Å². The lowest BCUT2D eigenvalue weighted by Gasteiger charge is -2.01. The Morgan fingerprint density at radius 3 is 2.43 bits per heavy atom. The van der Waals surface area contributed by atoms with Crippen LogP contribution in [0.4, 0.5) is 0 Å². The summed E-state index contributed by atoms with van der Waals surface area (Å²) in [5.74, 6) is -4.83. The second-order valence-electron chi connectivity index (χ2n) is 2.38. The molecule has 0 radical (unpaired) electrons. The van der Waals surface area contributed by atoms with Gasteiger partial charge in [-0.05, 0) is 0 Å². The molecule has 76 valence electrons. The molecule has 0 saturated heterocycles. The third kappa shape index (κ3) is 1.39. The number of carboxylic acids is 1. The Morgan fingerprint density at radius 1 is 1.50 bits per heavy atom. The van der Waals surface area contributed by atoms with Crippen LogP contribution >= 0.6 is 0 Å². The minimum absolute atomic E-state index is 0.778. The largest absolute Gasteiger partial charge is 0.507 e. The standard InChI is InChI=1S/C7H6O7/c1-13-6(11)2-3(8)4(5(9)10)14-7(2)12/h4,8H,1H3,(H,9,10). The average Bonchev–Trinajstić information content (AvgIpc) is 2.41. The summed E-state index contributed by atoms with van der Waals surface area (Å²) in [5, 5.41) is 17.6. The van der Waals surface area contributed by atoms with E-state index in [0.29, 0.717) is 0 Å². The van der Waals surface area contributed by atoms with Crippen molar-refractivity contribution in [2.24, 2.45) is 0 Å². The summed E-state index contributed by atoms with van der Waals surface area (Å²) in [6.45, 7) is 0. The molecule has 1 unspecified atom stereocenters. The van der Waals surface area contributed by atoms with Gasteiger partial charge in [0.2, 0.25) is 0 Å². The molecule has 7 heteroatoms. The maximum Gasteiger partial charge on any atom is 0.353 e. The highest BCUT2D eigenvalue weighted by molar-refractivity contribution is 6.17. The molecule has 1 rings (SSSR count). The molecule has 0 aromatic rings. The highest BCUT2D eigenvalue weighted by Gasteiger charge is 2.43. The second kappa shape index (κ2) is 3.36. The van der Waals surface area contributed by atoms with Gasteiger partial charge in [-0.25, -0.2) is 14.4 Å². The molecule has 2 N–H and O–H groups in total. The normalized spacial score (nSPS) is 20.6. The Morgan fingerprint density at radius 2 is 2.07 bits per heavy atom. The highest BCUT2D eigenvalue weighted by atomic mass is 16.6. The molecule has 7 nitrogen and oxygen atoms in total. The van der Waals surface area contributed by atoms with E-state index in [-0.39, 0.29) is 0 Å². The fourth-order valence-corrected chi connectivity index (χ4v) is 0.915. The van der Waals surface area contributed by atoms with Crippen LogP contribution in [0.5, 0.6) is 0 Å². The first-order valence-electron chi connectivity index (χ1n) is 3.44. The average molecular weight is 202 g/mol. The van der Waals surface area contributed by atoms with E-state index < -0.39 is 35.3 Å². The van der Waals surface area contributed by atoms with E-state index in [9.17, 15) is 14.4 Å². The van der Waals surface area contributed by atoms with Crippen molar-refractivity contribution in [1.82, 2.24) is 0 Å². The van der Waals surface area contributed by atoms with E-state index in [1.54, 1.807) is 0 Å². The molecule has 0 spiro atoms. The Kier molecular flexibility index (Phi) is 2.41. The summed E-state index contributed by atoms with van der Waals surface area (Å²) < 4.78 is 8.36. The topological polar surface area (TPSA) is 110 Å². The van der Waals surface area contributed by atoms with Crippen LogP contribution in [-0.2, 0) is 23.9 Å². The van der Waals surface area contributed by atoms with Gasteiger partial charge in [0.15, 0.2) is 11.3 Å². The predicted octanol–water partition coefficient (Wildman–Crippen LogP) is -1.02. The molecule has 0 bridgehead atoms. The van der Waals surface area contributed by atoms with Crippen molar-refractivity contribution in [3.8, 4) is 0 Å². The zero-order valence-electron chi connectivity index (χ0n) is 7.01. The van der Waals surface area contributed by atoms with Crippen LogP contribution in [0.3, 0.4) is 0 Å². The number of carbonyl (C=O) groups is 3. The van der Waals surface area contributed by atoms with E-state index in [1.807, 2.05) is 0 Å². The number of hydrogen-bond acceptors (Lipinski definition) is 6. The lowest BCUT2D eigenvalue weighted by atomic mass is 10.2. The predicted molar refractivity (Wildman–Crippen MR) is 39.2 cm³/mol. The number of methoxy groups -OCH3 is 1. The molecule has 14 heavy (non-hydrogen) atoms. The summed E-state index contributed by atoms with van der Waals surface area (Å²) in [4.78, 5) is 32.2. The van der Waals surface area contributed by atoms with Crippen molar-refractivity contribution in [2.45, 2.75) is 6.10 Å². The first-order valence-corrected chi connectivity index (χ1v) is 3.44. The Labute approximate surface area is 77.5 Å². The van der Waals surface area contributed by atoms with Crippen LogP contribution < -0.4 is 0 Å². The molecular weight excluding hydrogens is 196 g/mol. The zero-order valence-corrected chi connectivity index (χ0v) is 7.01. The number of esters is 2. The third-order valence-electron chi connectivity index (χ3n) is 1.55. The Bertz CT molecular complexity index is 340. The summed E-state index contributed by atoms with van der Waals surface area (Å²) in [7, 11) is 0.990. The smallest absolute Gasteiger partial charge is 0.353 e. The van der Waals surface area contributed by atoms with Gasteiger partial charge in [-0.3, -0.25) is 0 Å². The van der Waals surface area contributed by atoms with Gasteiger partial charge in [0.25, 0.3) is 6.10 Å². The number of carboxylic acid groups (broad SMARTS) is 1. The van der Waals surface area contributed by atoms with Crippen molar-refractivity contribution < 1.29 is 34.1 Å². The Balaban J connectivity index is 3.08. The number of aliphatic hydroxyl groups is 1. The van der Waals surface area contributed by atoms with Crippen LogP contribution in [0.1, 0.15) is 0 Å². The lowest BCUT2D eigenvalue weighted by molar-refractivity contribution is -0.158. The van der Waals surface area contributed by atoms with Gasteiger partial charge >= 0.3 is 17.9 Å². The quantitative estimate of drug-likeness (QED) is 0.435. The molecule has 1 aliphatic rings. The number of hydrogen-bond donors (Lipinski definition) is 2. The number of carbonyl (C=O) groups excluding carboxylic acids is 2. The van der Waals surface area contributed by atoms with Crippen LogP contribution in [0.2, 0.25) is 0 Å². The molecule has 0 aliphatic carbocycles.